The van der Waals surface area contributed by atoms with Crippen molar-refractivity contribution < 1.29 is 13.2 Å². The molecule has 0 atom stereocenters. The smallest absolute Gasteiger partial charge is 0.268 e. The Kier molecular flexibility index (Phi) is 4.26. The van der Waals surface area contributed by atoms with Crippen LogP contribution < -0.4 is 0 Å². The van der Waals surface area contributed by atoms with E-state index < -0.39 is 10.0 Å². The molecule has 120 valence electrons. The number of alkyl halides is 1. The minimum absolute atomic E-state index is 0.00125. The van der Waals surface area contributed by atoms with Crippen LogP contribution in [0.5, 0.6) is 0 Å². The highest BCUT2D eigenvalue weighted by molar-refractivity contribution is 9.09. The molecule has 0 spiro atoms. The number of nitrogens with zero attached hydrogens (tertiary/aromatic N) is 2. The number of hydrogen-bond acceptors (Lipinski definition) is 4. The molecule has 0 aliphatic carbocycles. The summed E-state index contributed by atoms with van der Waals surface area (Å²) in [5, 5.41) is 9.54. The van der Waals surface area contributed by atoms with E-state index in [1.54, 1.807) is 30.3 Å². The van der Waals surface area contributed by atoms with Crippen LogP contribution in [0.3, 0.4) is 0 Å². The highest BCUT2D eigenvalue weighted by Crippen LogP contribution is 2.27. The summed E-state index contributed by atoms with van der Waals surface area (Å²) in [4.78, 5) is 12.3. The SMILES string of the molecule is N#Cc1ccc2c(c1)cc(C(=O)CBr)n2S(=O)(=O)c1ccccc1. The number of hydrogen-bond donors (Lipinski definition) is 0. The second-order valence-corrected chi connectivity index (χ2v) is 7.40. The quantitative estimate of drug-likeness (QED) is 0.495. The van der Waals surface area contributed by atoms with Crippen LogP contribution >= 0.6 is 15.9 Å². The van der Waals surface area contributed by atoms with E-state index in [9.17, 15) is 13.2 Å². The number of aromatic nitrogens is 1. The van der Waals surface area contributed by atoms with Crippen molar-refractivity contribution in [2.75, 3.05) is 5.33 Å². The Morgan fingerprint density at radius 2 is 1.83 bits per heavy atom. The van der Waals surface area contributed by atoms with Gasteiger partial charge in [-0.3, -0.25) is 4.79 Å². The molecule has 0 saturated heterocycles. The van der Waals surface area contributed by atoms with Crippen LogP contribution in [0.1, 0.15) is 16.1 Å². The molecule has 0 fully saturated rings. The number of rotatable bonds is 4. The average molecular weight is 403 g/mol. The van der Waals surface area contributed by atoms with Crippen molar-refractivity contribution in [1.29, 1.82) is 5.26 Å². The number of nitriles is 1. The highest BCUT2D eigenvalue weighted by atomic mass is 79.9. The number of halogens is 1. The minimum Gasteiger partial charge on any atom is -0.292 e. The summed E-state index contributed by atoms with van der Waals surface area (Å²) in [5.74, 6) is -0.357. The van der Waals surface area contributed by atoms with Crippen molar-refractivity contribution in [3.05, 3.63) is 65.9 Å². The van der Waals surface area contributed by atoms with Crippen LogP contribution in [0.25, 0.3) is 10.9 Å². The molecule has 3 aromatic rings. The number of Topliss-reactive ketones (excluding diaryl/α,β-unsaturated/α-hetero) is 1. The molecule has 2 aromatic carbocycles. The minimum atomic E-state index is -3.94. The van der Waals surface area contributed by atoms with Crippen molar-refractivity contribution in [3.8, 4) is 6.07 Å². The highest BCUT2D eigenvalue weighted by Gasteiger charge is 2.25. The molecule has 3 rings (SSSR count). The Labute approximate surface area is 147 Å². The largest absolute Gasteiger partial charge is 0.292 e. The lowest BCUT2D eigenvalue weighted by Gasteiger charge is -2.11. The summed E-state index contributed by atoms with van der Waals surface area (Å²) in [6.07, 6.45) is 0. The third-order valence-electron chi connectivity index (χ3n) is 3.57. The van der Waals surface area contributed by atoms with Gasteiger partial charge in [-0.1, -0.05) is 34.1 Å². The summed E-state index contributed by atoms with van der Waals surface area (Å²) >= 11 is 3.08. The number of carbonyl (C=O) groups excluding carboxylic acids is 1. The number of benzene rings is 2. The van der Waals surface area contributed by atoms with Crippen LogP contribution in [-0.4, -0.2) is 23.5 Å². The monoisotopic (exact) mass is 402 g/mol. The van der Waals surface area contributed by atoms with Crippen molar-refractivity contribution in [2.45, 2.75) is 4.90 Å². The maximum absolute atomic E-state index is 13.0. The zero-order valence-corrected chi connectivity index (χ0v) is 14.7. The van der Waals surface area contributed by atoms with Crippen molar-refractivity contribution in [1.82, 2.24) is 3.97 Å². The Morgan fingerprint density at radius 1 is 1.12 bits per heavy atom. The fraction of sp³-hybridized carbons (Fsp3) is 0.0588. The van der Waals surface area contributed by atoms with E-state index in [2.05, 4.69) is 15.9 Å². The fourth-order valence-corrected chi connectivity index (χ4v) is 4.32. The number of fused-ring (bicyclic) bond motifs is 1. The zero-order chi connectivity index (χ0) is 17.3. The van der Waals surface area contributed by atoms with Crippen LogP contribution in [-0.2, 0) is 10.0 Å². The van der Waals surface area contributed by atoms with Gasteiger partial charge in [0.25, 0.3) is 10.0 Å². The summed E-state index contributed by atoms with van der Waals surface area (Å²) in [5.41, 5.74) is 0.817. The maximum Gasteiger partial charge on any atom is 0.268 e. The van der Waals surface area contributed by atoms with E-state index in [0.717, 1.165) is 3.97 Å². The topological polar surface area (TPSA) is 79.9 Å². The third-order valence-corrected chi connectivity index (χ3v) is 5.83. The third kappa shape index (κ3) is 2.64. The van der Waals surface area contributed by atoms with Gasteiger partial charge in [0.1, 0.15) is 5.69 Å². The average Bonchev–Trinajstić information content (AvgIpc) is 3.01. The second kappa shape index (κ2) is 6.23. The first kappa shape index (κ1) is 16.4. The first-order valence-corrected chi connectivity index (χ1v) is 9.50. The molecule has 0 bridgehead atoms. The van der Waals surface area contributed by atoms with Gasteiger partial charge in [-0.05, 0) is 36.4 Å². The van der Waals surface area contributed by atoms with Gasteiger partial charge in [-0.2, -0.15) is 5.26 Å². The van der Waals surface area contributed by atoms with Crippen LogP contribution in [0.15, 0.2) is 59.5 Å². The molecule has 0 saturated carbocycles. The summed E-state index contributed by atoms with van der Waals surface area (Å²) in [6, 6.07) is 16.1. The molecule has 0 radical (unpaired) electrons. The molecule has 0 unspecified atom stereocenters. The summed E-state index contributed by atoms with van der Waals surface area (Å²) in [7, 11) is -3.94. The van der Waals surface area contributed by atoms with Crippen molar-refractivity contribution in [2.24, 2.45) is 0 Å². The van der Waals surface area contributed by atoms with E-state index in [-0.39, 0.29) is 21.7 Å². The van der Waals surface area contributed by atoms with E-state index in [1.807, 2.05) is 6.07 Å². The van der Waals surface area contributed by atoms with Crippen molar-refractivity contribution in [3.63, 3.8) is 0 Å². The van der Waals surface area contributed by atoms with Gasteiger partial charge >= 0.3 is 0 Å². The van der Waals surface area contributed by atoms with E-state index >= 15 is 0 Å². The predicted octanol–water partition coefficient (Wildman–Crippen LogP) is 3.33. The van der Waals surface area contributed by atoms with Crippen LogP contribution in [0, 0.1) is 11.3 Å². The van der Waals surface area contributed by atoms with Gasteiger partial charge in [0, 0.05) is 5.39 Å². The first-order valence-electron chi connectivity index (χ1n) is 6.94. The van der Waals surface area contributed by atoms with Gasteiger partial charge in [0.15, 0.2) is 5.78 Å². The summed E-state index contributed by atoms with van der Waals surface area (Å²) in [6.45, 7) is 0. The Balaban J connectivity index is 2.37. The molecule has 0 aliphatic rings. The van der Waals surface area contributed by atoms with E-state index in [4.69, 9.17) is 5.26 Å². The molecule has 7 heteroatoms. The van der Waals surface area contributed by atoms with Gasteiger partial charge in [-0.15, -0.1) is 0 Å². The lowest BCUT2D eigenvalue weighted by Crippen LogP contribution is -2.19. The first-order chi connectivity index (χ1) is 11.5. The Bertz CT molecular complexity index is 1080. The van der Waals surface area contributed by atoms with Gasteiger partial charge in [-0.25, -0.2) is 12.4 Å². The van der Waals surface area contributed by atoms with Crippen molar-refractivity contribution >= 4 is 42.6 Å². The maximum atomic E-state index is 13.0. The van der Waals surface area contributed by atoms with E-state index in [1.165, 1.54) is 24.3 Å². The lowest BCUT2D eigenvalue weighted by atomic mass is 10.2. The predicted molar refractivity (Wildman–Crippen MR) is 93.8 cm³/mol. The Hall–Kier alpha value is -2.43. The second-order valence-electron chi connectivity index (χ2n) is 5.05. The van der Waals surface area contributed by atoms with Crippen LogP contribution in [0.4, 0.5) is 0 Å². The normalized spacial score (nSPS) is 11.3. The fourth-order valence-electron chi connectivity index (χ4n) is 2.48. The van der Waals surface area contributed by atoms with Gasteiger partial charge < -0.3 is 0 Å². The molecular weight excluding hydrogens is 392 g/mol. The lowest BCUT2D eigenvalue weighted by molar-refractivity contribution is 0.101. The van der Waals surface area contributed by atoms with Gasteiger partial charge in [0.2, 0.25) is 0 Å². The van der Waals surface area contributed by atoms with Gasteiger partial charge in [0.05, 0.1) is 27.4 Å². The van der Waals surface area contributed by atoms with E-state index in [0.29, 0.717) is 16.5 Å². The molecule has 0 amide bonds. The molecule has 1 heterocycles. The number of carbonyl (C=O) groups is 1. The number of ketones is 1. The summed E-state index contributed by atoms with van der Waals surface area (Å²) < 4.78 is 27.1. The molecule has 0 N–H and O–H groups in total. The Morgan fingerprint density at radius 3 is 2.46 bits per heavy atom. The molecule has 5 nitrogen and oxygen atoms in total. The molecule has 24 heavy (non-hydrogen) atoms. The molecular formula is C17H11BrN2O3S. The van der Waals surface area contributed by atoms with Crippen LogP contribution in [0.2, 0.25) is 0 Å². The molecule has 0 aliphatic heterocycles. The molecule has 1 aromatic heterocycles. The zero-order valence-electron chi connectivity index (χ0n) is 12.3. The standard InChI is InChI=1S/C17H11BrN2O3S/c18-10-17(21)16-9-13-8-12(11-19)6-7-15(13)20(16)24(22,23)14-4-2-1-3-5-14/h1-9H,10H2.